The van der Waals surface area contributed by atoms with Gasteiger partial charge in [-0.15, -0.1) is 6.58 Å². The van der Waals surface area contributed by atoms with Crippen LogP contribution in [0.15, 0.2) is 73.3 Å². The third-order valence-electron chi connectivity index (χ3n) is 4.06. The largest absolute Gasteiger partial charge is 0.366 e. The predicted octanol–water partition coefficient (Wildman–Crippen LogP) is 3.85. The first-order valence-corrected chi connectivity index (χ1v) is 8.98. The third kappa shape index (κ3) is 5.01. The van der Waals surface area contributed by atoms with E-state index in [2.05, 4.69) is 27.2 Å². The molecule has 1 amide bonds. The summed E-state index contributed by atoms with van der Waals surface area (Å²) in [6.45, 7) is 4.49. The maximum Gasteiger partial charge on any atom is 0.270 e. The Labute approximate surface area is 163 Å². The maximum atomic E-state index is 13.7. The molecule has 6 heteroatoms. The lowest BCUT2D eigenvalue weighted by atomic mass is 10.1. The average molecular weight is 376 g/mol. The fourth-order valence-corrected chi connectivity index (χ4v) is 2.65. The van der Waals surface area contributed by atoms with Crippen LogP contribution in [0.3, 0.4) is 0 Å². The van der Waals surface area contributed by atoms with Gasteiger partial charge in [-0.05, 0) is 18.1 Å². The summed E-state index contributed by atoms with van der Waals surface area (Å²) in [6.07, 6.45) is 2.11. The van der Waals surface area contributed by atoms with Crippen LogP contribution in [0.4, 0.5) is 10.2 Å². The number of hydrogen-bond donors (Lipinski definition) is 2. The van der Waals surface area contributed by atoms with E-state index in [0.717, 1.165) is 5.56 Å². The monoisotopic (exact) mass is 376 g/mol. The van der Waals surface area contributed by atoms with Gasteiger partial charge in [-0.3, -0.25) is 4.79 Å². The Kier molecular flexibility index (Phi) is 6.46. The van der Waals surface area contributed by atoms with Gasteiger partial charge in [0.15, 0.2) is 5.82 Å². The number of benzene rings is 2. The highest BCUT2D eigenvalue weighted by Gasteiger charge is 2.13. The molecule has 142 valence electrons. The summed E-state index contributed by atoms with van der Waals surface area (Å²) >= 11 is 0. The summed E-state index contributed by atoms with van der Waals surface area (Å²) in [5.74, 6) is 0.376. The van der Waals surface area contributed by atoms with Gasteiger partial charge in [0.25, 0.3) is 5.91 Å². The van der Waals surface area contributed by atoms with Gasteiger partial charge in [0.2, 0.25) is 0 Å². The number of nitrogens with zero attached hydrogens (tertiary/aromatic N) is 2. The molecule has 0 aliphatic rings. The number of anilines is 1. The number of rotatable bonds is 8. The molecular weight excluding hydrogens is 355 g/mol. The van der Waals surface area contributed by atoms with Gasteiger partial charge < -0.3 is 10.6 Å². The Balaban J connectivity index is 1.76. The molecule has 0 saturated carbocycles. The molecule has 0 atom stereocenters. The van der Waals surface area contributed by atoms with E-state index in [1.54, 1.807) is 30.3 Å². The minimum atomic E-state index is -0.336. The molecule has 0 spiro atoms. The predicted molar refractivity (Wildman–Crippen MR) is 109 cm³/mol. The van der Waals surface area contributed by atoms with Gasteiger partial charge in [0.05, 0.1) is 0 Å². The molecule has 2 aromatic carbocycles. The number of carbonyl (C=O) groups is 1. The number of carbonyl (C=O) groups excluding carboxylic acids is 1. The minimum Gasteiger partial charge on any atom is -0.366 e. The van der Waals surface area contributed by atoms with Crippen LogP contribution in [0.2, 0.25) is 0 Å². The van der Waals surface area contributed by atoms with Crippen LogP contribution >= 0.6 is 0 Å². The molecule has 0 aliphatic carbocycles. The van der Waals surface area contributed by atoms with Crippen molar-refractivity contribution in [2.24, 2.45) is 0 Å². The fourth-order valence-electron chi connectivity index (χ4n) is 2.65. The Bertz CT molecular complexity index is 960. The van der Waals surface area contributed by atoms with Crippen LogP contribution in [0.1, 0.15) is 16.1 Å². The molecule has 0 aliphatic heterocycles. The summed E-state index contributed by atoms with van der Waals surface area (Å²) in [6, 6.07) is 17.6. The van der Waals surface area contributed by atoms with Crippen LogP contribution in [-0.4, -0.2) is 29.0 Å². The maximum absolute atomic E-state index is 13.7. The van der Waals surface area contributed by atoms with Crippen molar-refractivity contribution < 1.29 is 9.18 Å². The highest BCUT2D eigenvalue weighted by molar-refractivity contribution is 5.93. The zero-order chi connectivity index (χ0) is 19.8. The van der Waals surface area contributed by atoms with E-state index in [0.29, 0.717) is 36.7 Å². The lowest BCUT2D eigenvalue weighted by Crippen LogP contribution is -2.27. The van der Waals surface area contributed by atoms with Crippen LogP contribution in [0.25, 0.3) is 11.4 Å². The number of hydrogen-bond acceptors (Lipinski definition) is 4. The van der Waals surface area contributed by atoms with Crippen molar-refractivity contribution in [2.45, 2.75) is 6.42 Å². The van der Waals surface area contributed by atoms with Gasteiger partial charge in [0, 0.05) is 24.7 Å². The van der Waals surface area contributed by atoms with E-state index in [9.17, 15) is 9.18 Å². The number of amides is 1. The number of aromatic nitrogens is 2. The van der Waals surface area contributed by atoms with Crippen molar-refractivity contribution in [3.05, 3.63) is 90.4 Å². The van der Waals surface area contributed by atoms with Gasteiger partial charge >= 0.3 is 0 Å². The summed E-state index contributed by atoms with van der Waals surface area (Å²) in [5.41, 5.74) is 1.61. The number of nitrogens with one attached hydrogen (secondary N) is 2. The molecule has 0 unspecified atom stereocenters. The zero-order valence-electron chi connectivity index (χ0n) is 15.4. The van der Waals surface area contributed by atoms with Crippen molar-refractivity contribution in [2.75, 3.05) is 18.4 Å². The second-order valence-electron chi connectivity index (χ2n) is 6.09. The Morgan fingerprint density at radius 3 is 2.57 bits per heavy atom. The highest BCUT2D eigenvalue weighted by atomic mass is 19.1. The number of halogens is 1. The van der Waals surface area contributed by atoms with Gasteiger partial charge in [-0.2, -0.15) is 0 Å². The summed E-state index contributed by atoms with van der Waals surface area (Å²) in [4.78, 5) is 21.4. The quantitative estimate of drug-likeness (QED) is 0.586. The summed E-state index contributed by atoms with van der Waals surface area (Å²) in [5, 5.41) is 5.88. The molecule has 0 radical (unpaired) electrons. The smallest absolute Gasteiger partial charge is 0.270 e. The lowest BCUT2D eigenvalue weighted by Gasteiger charge is -2.10. The van der Waals surface area contributed by atoms with Crippen molar-refractivity contribution in [1.29, 1.82) is 0 Å². The SMILES string of the molecule is C=CCNc1cc(C(=O)NCCc2ccccc2F)nc(-c2ccccc2)n1. The second kappa shape index (κ2) is 9.41. The molecule has 3 aromatic rings. The zero-order valence-corrected chi connectivity index (χ0v) is 15.4. The van der Waals surface area contributed by atoms with Crippen LogP contribution < -0.4 is 10.6 Å². The van der Waals surface area contributed by atoms with Crippen molar-refractivity contribution in [3.8, 4) is 11.4 Å². The molecule has 3 rings (SSSR count). The van der Waals surface area contributed by atoms with E-state index < -0.39 is 0 Å². The normalized spacial score (nSPS) is 10.3. The Morgan fingerprint density at radius 1 is 1.07 bits per heavy atom. The van der Waals surface area contributed by atoms with Crippen molar-refractivity contribution in [3.63, 3.8) is 0 Å². The van der Waals surface area contributed by atoms with E-state index in [1.165, 1.54) is 6.07 Å². The summed E-state index contributed by atoms with van der Waals surface area (Å²) in [7, 11) is 0. The average Bonchev–Trinajstić information content (AvgIpc) is 2.74. The minimum absolute atomic E-state index is 0.244. The van der Waals surface area contributed by atoms with E-state index in [4.69, 9.17) is 0 Å². The molecule has 5 nitrogen and oxygen atoms in total. The van der Waals surface area contributed by atoms with E-state index in [1.807, 2.05) is 30.3 Å². The topological polar surface area (TPSA) is 66.9 Å². The molecule has 28 heavy (non-hydrogen) atoms. The summed E-state index contributed by atoms with van der Waals surface area (Å²) < 4.78 is 13.7. The van der Waals surface area contributed by atoms with Crippen LogP contribution in [0, 0.1) is 5.82 Å². The third-order valence-corrected chi connectivity index (χ3v) is 4.06. The first kappa shape index (κ1) is 19.2. The first-order chi connectivity index (χ1) is 13.7. The van der Waals surface area contributed by atoms with E-state index >= 15 is 0 Å². The Hall–Kier alpha value is -3.54. The van der Waals surface area contributed by atoms with Gasteiger partial charge in [-0.1, -0.05) is 54.6 Å². The van der Waals surface area contributed by atoms with Crippen molar-refractivity contribution >= 4 is 11.7 Å². The van der Waals surface area contributed by atoms with Crippen LogP contribution in [-0.2, 0) is 6.42 Å². The van der Waals surface area contributed by atoms with Crippen molar-refractivity contribution in [1.82, 2.24) is 15.3 Å². The second-order valence-corrected chi connectivity index (χ2v) is 6.09. The van der Waals surface area contributed by atoms with E-state index in [-0.39, 0.29) is 17.4 Å². The first-order valence-electron chi connectivity index (χ1n) is 8.98. The Morgan fingerprint density at radius 2 is 1.82 bits per heavy atom. The van der Waals surface area contributed by atoms with Gasteiger partial charge in [-0.25, -0.2) is 14.4 Å². The fraction of sp³-hybridized carbons (Fsp3) is 0.136. The molecule has 0 fully saturated rings. The van der Waals surface area contributed by atoms with Crippen LogP contribution in [0.5, 0.6) is 0 Å². The molecule has 0 bridgehead atoms. The lowest BCUT2D eigenvalue weighted by molar-refractivity contribution is 0.0949. The molecular formula is C22H21FN4O. The molecule has 1 aromatic heterocycles. The standard InChI is InChI=1S/C22H21FN4O/c1-2-13-24-20-15-19(26-21(27-20)17-9-4-3-5-10-17)22(28)25-14-12-16-8-6-7-11-18(16)23/h2-11,15H,1,12-14H2,(H,25,28)(H,24,26,27). The molecule has 1 heterocycles. The molecule has 0 saturated heterocycles. The molecule has 2 N–H and O–H groups in total. The highest BCUT2D eigenvalue weighted by Crippen LogP contribution is 2.18. The van der Waals surface area contributed by atoms with Gasteiger partial charge in [0.1, 0.15) is 17.3 Å².